The Bertz CT molecular complexity index is 812. The van der Waals surface area contributed by atoms with E-state index in [0.717, 1.165) is 11.3 Å². The molecule has 0 bridgehead atoms. The molecule has 2 rings (SSSR count). The Morgan fingerprint density at radius 1 is 1.12 bits per heavy atom. The van der Waals surface area contributed by atoms with E-state index in [2.05, 4.69) is 16.7 Å². The normalized spacial score (nSPS) is 11.2. The van der Waals surface area contributed by atoms with Crippen LogP contribution in [0, 0.1) is 18.3 Å². The maximum Gasteiger partial charge on any atom is 0.246 e. The van der Waals surface area contributed by atoms with Crippen molar-refractivity contribution in [1.29, 1.82) is 5.26 Å². The minimum atomic E-state index is -0.511. The van der Waals surface area contributed by atoms with E-state index in [1.165, 1.54) is 0 Å². The summed E-state index contributed by atoms with van der Waals surface area (Å²) < 4.78 is 10.6. The third kappa shape index (κ3) is 4.21. The summed E-state index contributed by atoms with van der Waals surface area (Å²) in [6.45, 7) is 3.67. The van der Waals surface area contributed by atoms with E-state index >= 15 is 0 Å². The molecule has 1 amide bonds. The fraction of sp³-hybridized carbons (Fsp3) is 0.263. The molecule has 0 fully saturated rings. The van der Waals surface area contributed by atoms with E-state index in [-0.39, 0.29) is 5.91 Å². The van der Waals surface area contributed by atoms with Gasteiger partial charge < -0.3 is 20.1 Å². The van der Waals surface area contributed by atoms with Crippen LogP contribution in [0.2, 0.25) is 0 Å². The standard InChI is InChI=1S/C19H21N3O3/c1-12-9-17(24-3)18(25-4)10-16(12)21-13(2)19(23)22-15-8-6-5-7-14(15)11-20/h5-10,13,21H,1-4H3,(H,22,23). The second-order valence-electron chi connectivity index (χ2n) is 5.53. The van der Waals surface area contributed by atoms with Crippen molar-refractivity contribution in [2.45, 2.75) is 19.9 Å². The van der Waals surface area contributed by atoms with E-state index in [1.807, 2.05) is 13.0 Å². The van der Waals surface area contributed by atoms with Crippen molar-refractivity contribution in [3.8, 4) is 17.6 Å². The Kier molecular flexibility index (Phi) is 5.85. The van der Waals surface area contributed by atoms with Crippen LogP contribution >= 0.6 is 0 Å². The molecule has 2 aromatic carbocycles. The second kappa shape index (κ2) is 8.06. The van der Waals surface area contributed by atoms with Crippen molar-refractivity contribution in [1.82, 2.24) is 0 Å². The number of nitrogens with one attached hydrogen (secondary N) is 2. The first-order chi connectivity index (χ1) is 12.0. The van der Waals surface area contributed by atoms with Gasteiger partial charge in [-0.2, -0.15) is 5.26 Å². The highest BCUT2D eigenvalue weighted by molar-refractivity contribution is 5.97. The van der Waals surface area contributed by atoms with Gasteiger partial charge in [0.1, 0.15) is 12.1 Å². The molecule has 0 saturated heterocycles. The smallest absolute Gasteiger partial charge is 0.246 e. The Morgan fingerprint density at radius 3 is 2.40 bits per heavy atom. The number of aryl methyl sites for hydroxylation is 1. The van der Waals surface area contributed by atoms with Gasteiger partial charge in [-0.15, -0.1) is 0 Å². The van der Waals surface area contributed by atoms with Gasteiger partial charge in [-0.1, -0.05) is 12.1 Å². The predicted octanol–water partition coefficient (Wildman–Crippen LogP) is 3.32. The summed E-state index contributed by atoms with van der Waals surface area (Å²) in [5, 5.41) is 15.0. The highest BCUT2D eigenvalue weighted by Gasteiger charge is 2.17. The van der Waals surface area contributed by atoms with E-state index in [4.69, 9.17) is 14.7 Å². The third-order valence-corrected chi connectivity index (χ3v) is 3.80. The SMILES string of the molecule is COc1cc(C)c(NC(C)C(=O)Nc2ccccc2C#N)cc1OC. The number of hydrogen-bond acceptors (Lipinski definition) is 5. The van der Waals surface area contributed by atoms with E-state index in [0.29, 0.717) is 22.7 Å². The number of benzene rings is 2. The van der Waals surface area contributed by atoms with Gasteiger partial charge in [0.2, 0.25) is 5.91 Å². The molecule has 130 valence electrons. The van der Waals surface area contributed by atoms with Crippen molar-refractivity contribution in [3.63, 3.8) is 0 Å². The molecule has 2 N–H and O–H groups in total. The second-order valence-corrected chi connectivity index (χ2v) is 5.53. The molecule has 0 radical (unpaired) electrons. The van der Waals surface area contributed by atoms with Gasteiger partial charge in [-0.25, -0.2) is 0 Å². The lowest BCUT2D eigenvalue weighted by Gasteiger charge is -2.19. The predicted molar refractivity (Wildman–Crippen MR) is 97.2 cm³/mol. The van der Waals surface area contributed by atoms with Crippen LogP contribution in [0.25, 0.3) is 0 Å². The number of rotatable bonds is 6. The van der Waals surface area contributed by atoms with Crippen LogP contribution in [0.1, 0.15) is 18.1 Å². The number of para-hydroxylation sites is 1. The number of hydrogen-bond donors (Lipinski definition) is 2. The van der Waals surface area contributed by atoms with Gasteiger partial charge in [0, 0.05) is 11.8 Å². The van der Waals surface area contributed by atoms with Crippen LogP contribution in [0.4, 0.5) is 11.4 Å². The number of nitrogens with zero attached hydrogens (tertiary/aromatic N) is 1. The zero-order valence-corrected chi connectivity index (χ0v) is 14.7. The van der Waals surface area contributed by atoms with E-state index < -0.39 is 6.04 Å². The third-order valence-electron chi connectivity index (χ3n) is 3.80. The molecule has 6 heteroatoms. The summed E-state index contributed by atoms with van der Waals surface area (Å²) in [5.41, 5.74) is 2.61. The van der Waals surface area contributed by atoms with Gasteiger partial charge in [-0.3, -0.25) is 4.79 Å². The molecule has 0 spiro atoms. The Balaban J connectivity index is 2.15. The first kappa shape index (κ1) is 18.1. The summed E-state index contributed by atoms with van der Waals surface area (Å²) in [5.74, 6) is 0.973. The van der Waals surface area contributed by atoms with E-state index in [9.17, 15) is 4.79 Å². The number of carbonyl (C=O) groups excluding carboxylic acids is 1. The fourth-order valence-electron chi connectivity index (χ4n) is 2.37. The summed E-state index contributed by atoms with van der Waals surface area (Å²) >= 11 is 0. The van der Waals surface area contributed by atoms with Crippen LogP contribution in [0.15, 0.2) is 36.4 Å². The highest BCUT2D eigenvalue weighted by atomic mass is 16.5. The van der Waals surface area contributed by atoms with Gasteiger partial charge >= 0.3 is 0 Å². The van der Waals surface area contributed by atoms with Crippen molar-refractivity contribution in [2.24, 2.45) is 0 Å². The van der Waals surface area contributed by atoms with Crippen molar-refractivity contribution < 1.29 is 14.3 Å². The average molecular weight is 339 g/mol. The van der Waals surface area contributed by atoms with Crippen LogP contribution in [-0.2, 0) is 4.79 Å². The van der Waals surface area contributed by atoms with Crippen molar-refractivity contribution >= 4 is 17.3 Å². The number of anilines is 2. The Labute approximate surface area is 147 Å². The molecular weight excluding hydrogens is 318 g/mol. The lowest BCUT2D eigenvalue weighted by Crippen LogP contribution is -2.32. The topological polar surface area (TPSA) is 83.4 Å². The monoisotopic (exact) mass is 339 g/mol. The molecule has 0 aromatic heterocycles. The largest absolute Gasteiger partial charge is 0.493 e. The van der Waals surface area contributed by atoms with Gasteiger partial charge in [0.05, 0.1) is 25.5 Å². The molecule has 2 aromatic rings. The van der Waals surface area contributed by atoms with Crippen LogP contribution in [0.5, 0.6) is 11.5 Å². The molecule has 0 aliphatic carbocycles. The minimum Gasteiger partial charge on any atom is -0.493 e. The number of carbonyl (C=O) groups is 1. The van der Waals surface area contributed by atoms with Gasteiger partial charge in [-0.05, 0) is 37.6 Å². The molecule has 0 saturated carbocycles. The molecule has 0 aliphatic rings. The summed E-state index contributed by atoms with van der Waals surface area (Å²) in [6.07, 6.45) is 0. The van der Waals surface area contributed by atoms with Crippen LogP contribution in [-0.4, -0.2) is 26.2 Å². The first-order valence-corrected chi connectivity index (χ1v) is 7.79. The molecule has 6 nitrogen and oxygen atoms in total. The van der Waals surface area contributed by atoms with Crippen LogP contribution < -0.4 is 20.1 Å². The summed E-state index contributed by atoms with van der Waals surface area (Å²) in [6, 6.07) is 12.1. The Hall–Kier alpha value is -3.20. The Morgan fingerprint density at radius 2 is 1.76 bits per heavy atom. The minimum absolute atomic E-state index is 0.239. The van der Waals surface area contributed by atoms with Gasteiger partial charge in [0.25, 0.3) is 0 Å². The zero-order valence-electron chi connectivity index (χ0n) is 14.7. The molecule has 1 unspecified atom stereocenters. The molecular formula is C19H21N3O3. The zero-order chi connectivity index (χ0) is 18.4. The van der Waals surface area contributed by atoms with E-state index in [1.54, 1.807) is 51.5 Å². The lowest BCUT2D eigenvalue weighted by molar-refractivity contribution is -0.116. The number of methoxy groups -OCH3 is 2. The first-order valence-electron chi connectivity index (χ1n) is 7.79. The molecule has 0 aliphatic heterocycles. The maximum absolute atomic E-state index is 12.4. The van der Waals surface area contributed by atoms with Crippen molar-refractivity contribution in [2.75, 3.05) is 24.9 Å². The van der Waals surface area contributed by atoms with Crippen LogP contribution in [0.3, 0.4) is 0 Å². The average Bonchev–Trinajstić information content (AvgIpc) is 2.63. The molecule has 0 heterocycles. The lowest BCUT2D eigenvalue weighted by atomic mass is 10.1. The highest BCUT2D eigenvalue weighted by Crippen LogP contribution is 2.33. The molecule has 1 atom stereocenters. The summed E-state index contributed by atoms with van der Waals surface area (Å²) in [4.78, 5) is 12.4. The van der Waals surface area contributed by atoms with Crippen molar-refractivity contribution in [3.05, 3.63) is 47.5 Å². The maximum atomic E-state index is 12.4. The fourth-order valence-corrected chi connectivity index (χ4v) is 2.37. The number of amides is 1. The van der Waals surface area contributed by atoms with Gasteiger partial charge in [0.15, 0.2) is 11.5 Å². The number of ether oxygens (including phenoxy) is 2. The molecule has 25 heavy (non-hydrogen) atoms. The quantitative estimate of drug-likeness (QED) is 0.843. The number of nitriles is 1. The summed E-state index contributed by atoms with van der Waals surface area (Å²) in [7, 11) is 3.14.